The fraction of sp³-hybridized carbons (Fsp3) is 1.00. The minimum atomic E-state index is 0.874. The second-order valence-electron chi connectivity index (χ2n) is 9.16. The normalized spacial score (nSPS) is 11.6. The predicted molar refractivity (Wildman–Crippen MR) is 124 cm³/mol. The Balaban J connectivity index is 2.97. The molecule has 0 heterocycles. The standard InChI is InChI=1S/C26H54O/c1-4-5-6-7-8-9-10-11-12-13-14-15-18-21-24-27-25-22-19-16-17-20-23-26(2)3/h26H,4-25H2,1-3H3. The maximum Gasteiger partial charge on any atom is 0.0466 e. The maximum absolute atomic E-state index is 5.79. The molecule has 0 spiro atoms. The van der Waals surface area contributed by atoms with Gasteiger partial charge in [-0.2, -0.15) is 0 Å². The largest absolute Gasteiger partial charge is 0.381 e. The molecular formula is C26H54O. The Morgan fingerprint density at radius 1 is 0.444 bits per heavy atom. The van der Waals surface area contributed by atoms with Crippen LogP contribution in [-0.4, -0.2) is 13.2 Å². The molecule has 0 atom stereocenters. The first-order valence-corrected chi connectivity index (χ1v) is 12.8. The molecule has 0 saturated heterocycles. The summed E-state index contributed by atoms with van der Waals surface area (Å²) in [6, 6.07) is 0. The zero-order valence-corrected chi connectivity index (χ0v) is 19.5. The Morgan fingerprint density at radius 3 is 1.15 bits per heavy atom. The van der Waals surface area contributed by atoms with Crippen molar-refractivity contribution in [3.05, 3.63) is 0 Å². The van der Waals surface area contributed by atoms with Crippen LogP contribution in [0.4, 0.5) is 0 Å². The van der Waals surface area contributed by atoms with Crippen LogP contribution in [-0.2, 0) is 4.74 Å². The Labute approximate surface area is 173 Å². The van der Waals surface area contributed by atoms with Crippen molar-refractivity contribution < 1.29 is 4.74 Å². The van der Waals surface area contributed by atoms with E-state index in [9.17, 15) is 0 Å². The van der Waals surface area contributed by atoms with Gasteiger partial charge in [0.05, 0.1) is 0 Å². The summed E-state index contributed by atoms with van der Waals surface area (Å²) in [7, 11) is 0. The van der Waals surface area contributed by atoms with Gasteiger partial charge >= 0.3 is 0 Å². The molecule has 0 N–H and O–H groups in total. The molecule has 0 bridgehead atoms. The molecule has 164 valence electrons. The van der Waals surface area contributed by atoms with E-state index in [1.165, 1.54) is 128 Å². The molecule has 0 aromatic heterocycles. The van der Waals surface area contributed by atoms with Gasteiger partial charge in [-0.05, 0) is 18.8 Å². The van der Waals surface area contributed by atoms with Gasteiger partial charge in [0, 0.05) is 13.2 Å². The fourth-order valence-electron chi connectivity index (χ4n) is 3.79. The summed E-state index contributed by atoms with van der Waals surface area (Å²) in [5.74, 6) is 0.874. The summed E-state index contributed by atoms with van der Waals surface area (Å²) in [6.07, 6.45) is 28.2. The first-order valence-electron chi connectivity index (χ1n) is 12.8. The lowest BCUT2D eigenvalue weighted by Crippen LogP contribution is -1.97. The van der Waals surface area contributed by atoms with Gasteiger partial charge in [-0.3, -0.25) is 0 Å². The van der Waals surface area contributed by atoms with E-state index in [2.05, 4.69) is 20.8 Å². The molecule has 0 aliphatic rings. The van der Waals surface area contributed by atoms with Crippen LogP contribution >= 0.6 is 0 Å². The SMILES string of the molecule is CCCCCCCCCCCCCCCCOCCCCCCCC(C)C. The maximum atomic E-state index is 5.79. The lowest BCUT2D eigenvalue weighted by Gasteiger charge is -2.06. The first-order chi connectivity index (χ1) is 13.3. The first kappa shape index (κ1) is 27.0. The van der Waals surface area contributed by atoms with E-state index in [0.29, 0.717) is 0 Å². The number of ether oxygens (including phenoxy) is 1. The van der Waals surface area contributed by atoms with Crippen molar-refractivity contribution in [2.75, 3.05) is 13.2 Å². The van der Waals surface area contributed by atoms with Gasteiger partial charge in [0.2, 0.25) is 0 Å². The van der Waals surface area contributed by atoms with Crippen molar-refractivity contribution in [2.45, 2.75) is 149 Å². The van der Waals surface area contributed by atoms with Crippen LogP contribution in [0.1, 0.15) is 149 Å². The summed E-state index contributed by atoms with van der Waals surface area (Å²) >= 11 is 0. The van der Waals surface area contributed by atoms with Crippen LogP contribution in [0.15, 0.2) is 0 Å². The van der Waals surface area contributed by atoms with Gasteiger partial charge in [-0.1, -0.05) is 136 Å². The van der Waals surface area contributed by atoms with Crippen molar-refractivity contribution in [3.8, 4) is 0 Å². The Morgan fingerprint density at radius 2 is 0.778 bits per heavy atom. The number of unbranched alkanes of at least 4 members (excludes halogenated alkanes) is 17. The lowest BCUT2D eigenvalue weighted by atomic mass is 10.0. The van der Waals surface area contributed by atoms with Gasteiger partial charge < -0.3 is 4.74 Å². The van der Waals surface area contributed by atoms with Gasteiger partial charge in [0.25, 0.3) is 0 Å². The zero-order chi connectivity index (χ0) is 19.8. The highest BCUT2D eigenvalue weighted by molar-refractivity contribution is 4.50. The summed E-state index contributed by atoms with van der Waals surface area (Å²) in [4.78, 5) is 0. The van der Waals surface area contributed by atoms with Crippen LogP contribution in [0, 0.1) is 5.92 Å². The molecule has 0 aliphatic carbocycles. The minimum absolute atomic E-state index is 0.874. The highest BCUT2D eigenvalue weighted by Crippen LogP contribution is 2.13. The summed E-state index contributed by atoms with van der Waals surface area (Å²) < 4.78 is 5.79. The highest BCUT2D eigenvalue weighted by atomic mass is 16.5. The van der Waals surface area contributed by atoms with Crippen LogP contribution in [0.25, 0.3) is 0 Å². The van der Waals surface area contributed by atoms with Crippen molar-refractivity contribution >= 4 is 0 Å². The zero-order valence-electron chi connectivity index (χ0n) is 19.5. The second-order valence-corrected chi connectivity index (χ2v) is 9.16. The van der Waals surface area contributed by atoms with E-state index < -0.39 is 0 Å². The Bertz CT molecular complexity index is 249. The van der Waals surface area contributed by atoms with Crippen LogP contribution in [0.3, 0.4) is 0 Å². The monoisotopic (exact) mass is 382 g/mol. The lowest BCUT2D eigenvalue weighted by molar-refractivity contribution is 0.125. The number of hydrogen-bond acceptors (Lipinski definition) is 1. The molecular weight excluding hydrogens is 328 g/mol. The van der Waals surface area contributed by atoms with Gasteiger partial charge in [-0.15, -0.1) is 0 Å². The van der Waals surface area contributed by atoms with Crippen molar-refractivity contribution in [1.82, 2.24) is 0 Å². The molecule has 0 amide bonds. The van der Waals surface area contributed by atoms with E-state index in [4.69, 9.17) is 4.74 Å². The quantitative estimate of drug-likeness (QED) is 0.160. The predicted octanol–water partition coefficient (Wildman–Crippen LogP) is 9.48. The smallest absolute Gasteiger partial charge is 0.0466 e. The number of rotatable bonds is 23. The van der Waals surface area contributed by atoms with Gasteiger partial charge in [0.15, 0.2) is 0 Å². The average Bonchev–Trinajstić information content (AvgIpc) is 2.65. The second kappa shape index (κ2) is 24.0. The average molecular weight is 383 g/mol. The molecule has 0 unspecified atom stereocenters. The summed E-state index contributed by atoms with van der Waals surface area (Å²) in [5.41, 5.74) is 0. The van der Waals surface area contributed by atoms with E-state index in [-0.39, 0.29) is 0 Å². The molecule has 0 aromatic rings. The van der Waals surface area contributed by atoms with Gasteiger partial charge in [-0.25, -0.2) is 0 Å². The molecule has 1 heteroatoms. The molecule has 0 rings (SSSR count). The molecule has 0 aromatic carbocycles. The van der Waals surface area contributed by atoms with Gasteiger partial charge in [0.1, 0.15) is 0 Å². The summed E-state index contributed by atoms with van der Waals surface area (Å²) in [5, 5.41) is 0. The highest BCUT2D eigenvalue weighted by Gasteiger charge is 1.96. The Hall–Kier alpha value is -0.0400. The van der Waals surface area contributed by atoms with Crippen molar-refractivity contribution in [2.24, 2.45) is 5.92 Å². The molecule has 1 nitrogen and oxygen atoms in total. The van der Waals surface area contributed by atoms with Crippen LogP contribution < -0.4 is 0 Å². The summed E-state index contributed by atoms with van der Waals surface area (Å²) in [6.45, 7) is 8.93. The fourth-order valence-corrected chi connectivity index (χ4v) is 3.79. The van der Waals surface area contributed by atoms with E-state index in [1.807, 2.05) is 0 Å². The van der Waals surface area contributed by atoms with E-state index in [0.717, 1.165) is 19.1 Å². The van der Waals surface area contributed by atoms with Crippen molar-refractivity contribution in [3.63, 3.8) is 0 Å². The molecule has 0 fully saturated rings. The minimum Gasteiger partial charge on any atom is -0.381 e. The Kier molecular flexibility index (Phi) is 24.0. The molecule has 0 aliphatic heterocycles. The molecule has 0 radical (unpaired) electrons. The third-order valence-corrected chi connectivity index (χ3v) is 5.71. The van der Waals surface area contributed by atoms with Crippen molar-refractivity contribution in [1.29, 1.82) is 0 Å². The van der Waals surface area contributed by atoms with Crippen LogP contribution in [0.5, 0.6) is 0 Å². The third-order valence-electron chi connectivity index (χ3n) is 5.71. The topological polar surface area (TPSA) is 9.23 Å². The van der Waals surface area contributed by atoms with E-state index in [1.54, 1.807) is 0 Å². The third kappa shape index (κ3) is 26.0. The van der Waals surface area contributed by atoms with E-state index >= 15 is 0 Å². The molecule has 0 saturated carbocycles. The number of hydrogen-bond donors (Lipinski definition) is 0. The van der Waals surface area contributed by atoms with Crippen LogP contribution in [0.2, 0.25) is 0 Å². The molecule has 27 heavy (non-hydrogen) atoms.